The minimum Gasteiger partial charge on any atom is -0.449 e. The summed E-state index contributed by atoms with van der Waals surface area (Å²) in [6.07, 6.45) is -1.19. The van der Waals surface area contributed by atoms with Gasteiger partial charge in [-0.3, -0.25) is 4.79 Å². The molecule has 0 saturated carbocycles. The van der Waals surface area contributed by atoms with E-state index in [-0.39, 0.29) is 0 Å². The van der Waals surface area contributed by atoms with E-state index >= 15 is 0 Å². The molecule has 0 aromatic rings. The quantitative estimate of drug-likeness (QED) is 0.453. The Morgan fingerprint density at radius 1 is 1.38 bits per heavy atom. The Balaban J connectivity index is 3.96. The first kappa shape index (κ1) is 11.6. The molecular weight excluding hydrogens is 180 g/mol. The Labute approximate surface area is 74.4 Å². The third-order valence-electron chi connectivity index (χ3n) is 1.01. The Kier molecular flexibility index (Phi) is 4.68. The molecule has 6 heteroatoms. The summed E-state index contributed by atoms with van der Waals surface area (Å²) in [6, 6.07) is 0. The predicted molar refractivity (Wildman–Crippen MR) is 39.4 cm³/mol. The average Bonchev–Trinajstić information content (AvgIpc) is 2.02. The minimum absolute atomic E-state index is 0.781. The van der Waals surface area contributed by atoms with Crippen molar-refractivity contribution in [2.24, 2.45) is 0 Å². The van der Waals surface area contributed by atoms with Crippen molar-refractivity contribution < 1.29 is 29.0 Å². The number of rotatable bonds is 3. The standard InChI is InChI=1S/C7H10O6/c1-4(12-6(10)3-8)7(11)13-5(2)9/h4,8H,3H2,1-2H3. The maximum Gasteiger partial charge on any atom is 0.354 e. The van der Waals surface area contributed by atoms with E-state index in [1.807, 2.05) is 0 Å². The molecule has 0 aliphatic rings. The zero-order chi connectivity index (χ0) is 10.4. The fourth-order valence-corrected chi connectivity index (χ4v) is 0.507. The molecule has 0 spiro atoms. The second kappa shape index (κ2) is 5.26. The van der Waals surface area contributed by atoms with Gasteiger partial charge in [0.15, 0.2) is 6.10 Å². The highest BCUT2D eigenvalue weighted by atomic mass is 16.6. The molecule has 1 N–H and O–H groups in total. The molecule has 13 heavy (non-hydrogen) atoms. The molecule has 0 heterocycles. The summed E-state index contributed by atoms with van der Waals surface area (Å²) in [6.45, 7) is 1.47. The van der Waals surface area contributed by atoms with Gasteiger partial charge in [0.1, 0.15) is 6.61 Å². The van der Waals surface area contributed by atoms with Gasteiger partial charge >= 0.3 is 17.9 Å². The molecule has 0 fully saturated rings. The molecule has 0 aromatic heterocycles. The first-order valence-corrected chi connectivity index (χ1v) is 3.50. The lowest BCUT2D eigenvalue weighted by Gasteiger charge is -2.09. The van der Waals surface area contributed by atoms with Crippen molar-refractivity contribution in [2.45, 2.75) is 20.0 Å². The maximum absolute atomic E-state index is 10.8. The van der Waals surface area contributed by atoms with Gasteiger partial charge in [0.05, 0.1) is 0 Å². The van der Waals surface area contributed by atoms with Crippen LogP contribution < -0.4 is 0 Å². The number of carbonyl (C=O) groups is 3. The van der Waals surface area contributed by atoms with Crippen molar-refractivity contribution in [1.29, 1.82) is 0 Å². The third-order valence-corrected chi connectivity index (χ3v) is 1.01. The van der Waals surface area contributed by atoms with Gasteiger partial charge in [-0.25, -0.2) is 9.59 Å². The number of hydrogen-bond donors (Lipinski definition) is 1. The topological polar surface area (TPSA) is 89.9 Å². The van der Waals surface area contributed by atoms with Gasteiger partial charge in [0, 0.05) is 6.92 Å². The van der Waals surface area contributed by atoms with E-state index < -0.39 is 30.6 Å². The van der Waals surface area contributed by atoms with Crippen molar-refractivity contribution in [1.82, 2.24) is 0 Å². The lowest BCUT2D eigenvalue weighted by atomic mass is 10.4. The van der Waals surface area contributed by atoms with E-state index in [9.17, 15) is 14.4 Å². The number of aliphatic hydroxyl groups is 1. The van der Waals surface area contributed by atoms with E-state index in [4.69, 9.17) is 5.11 Å². The largest absolute Gasteiger partial charge is 0.449 e. The Hall–Kier alpha value is -1.43. The van der Waals surface area contributed by atoms with Crippen LogP contribution in [-0.4, -0.2) is 35.7 Å². The van der Waals surface area contributed by atoms with Gasteiger partial charge in [0.2, 0.25) is 0 Å². The van der Waals surface area contributed by atoms with Crippen LogP contribution in [0.15, 0.2) is 0 Å². The monoisotopic (exact) mass is 190 g/mol. The van der Waals surface area contributed by atoms with E-state index in [1.165, 1.54) is 6.92 Å². The number of aliphatic hydroxyl groups excluding tert-OH is 1. The van der Waals surface area contributed by atoms with E-state index in [0.29, 0.717) is 0 Å². The van der Waals surface area contributed by atoms with Gasteiger partial charge < -0.3 is 14.6 Å². The zero-order valence-electron chi connectivity index (χ0n) is 7.27. The number of ether oxygens (including phenoxy) is 2. The average molecular weight is 190 g/mol. The molecule has 1 atom stereocenters. The lowest BCUT2D eigenvalue weighted by Crippen LogP contribution is -2.28. The van der Waals surface area contributed by atoms with Crippen LogP contribution in [-0.2, 0) is 23.9 Å². The second-order valence-corrected chi connectivity index (χ2v) is 2.20. The van der Waals surface area contributed by atoms with Crippen molar-refractivity contribution in [3.05, 3.63) is 0 Å². The van der Waals surface area contributed by atoms with Crippen LogP contribution in [0.4, 0.5) is 0 Å². The molecule has 0 aliphatic heterocycles. The first-order chi connectivity index (χ1) is 5.97. The van der Waals surface area contributed by atoms with Crippen molar-refractivity contribution >= 4 is 17.9 Å². The molecule has 74 valence electrons. The zero-order valence-corrected chi connectivity index (χ0v) is 7.27. The molecule has 1 unspecified atom stereocenters. The minimum atomic E-state index is -1.19. The molecule has 0 saturated heterocycles. The van der Waals surface area contributed by atoms with Crippen LogP contribution in [0.2, 0.25) is 0 Å². The highest BCUT2D eigenvalue weighted by Gasteiger charge is 2.19. The smallest absolute Gasteiger partial charge is 0.354 e. The maximum atomic E-state index is 10.8. The summed E-state index contributed by atoms with van der Waals surface area (Å²) in [5.74, 6) is -2.70. The normalized spacial score (nSPS) is 11.6. The fourth-order valence-electron chi connectivity index (χ4n) is 0.507. The summed E-state index contributed by atoms with van der Waals surface area (Å²) in [5, 5.41) is 8.25. The summed E-state index contributed by atoms with van der Waals surface area (Å²) in [7, 11) is 0. The Morgan fingerprint density at radius 3 is 2.31 bits per heavy atom. The highest BCUT2D eigenvalue weighted by molar-refractivity contribution is 5.88. The summed E-state index contributed by atoms with van der Waals surface area (Å²) in [4.78, 5) is 31.5. The molecule has 6 nitrogen and oxygen atoms in total. The third kappa shape index (κ3) is 4.91. The fraction of sp³-hybridized carbons (Fsp3) is 0.571. The second-order valence-electron chi connectivity index (χ2n) is 2.20. The van der Waals surface area contributed by atoms with E-state index in [1.54, 1.807) is 0 Å². The molecule has 0 aromatic carbocycles. The van der Waals surface area contributed by atoms with Crippen LogP contribution in [0.3, 0.4) is 0 Å². The van der Waals surface area contributed by atoms with Crippen molar-refractivity contribution in [2.75, 3.05) is 6.61 Å². The van der Waals surface area contributed by atoms with E-state index in [2.05, 4.69) is 9.47 Å². The molecular formula is C7H10O6. The van der Waals surface area contributed by atoms with Gasteiger partial charge in [0.25, 0.3) is 0 Å². The first-order valence-electron chi connectivity index (χ1n) is 3.50. The Morgan fingerprint density at radius 2 is 1.92 bits per heavy atom. The summed E-state index contributed by atoms with van der Waals surface area (Å²) in [5.41, 5.74) is 0. The van der Waals surface area contributed by atoms with Crippen molar-refractivity contribution in [3.8, 4) is 0 Å². The Bertz CT molecular complexity index is 221. The molecule has 0 radical (unpaired) electrons. The van der Waals surface area contributed by atoms with Gasteiger partial charge in [-0.1, -0.05) is 0 Å². The number of esters is 3. The van der Waals surface area contributed by atoms with Gasteiger partial charge in [-0.15, -0.1) is 0 Å². The number of hydrogen-bond acceptors (Lipinski definition) is 6. The van der Waals surface area contributed by atoms with Crippen LogP contribution in [0, 0.1) is 0 Å². The molecule has 0 rings (SSSR count). The SMILES string of the molecule is CC(=O)OC(=O)C(C)OC(=O)CO. The number of carbonyl (C=O) groups excluding carboxylic acids is 3. The highest BCUT2D eigenvalue weighted by Crippen LogP contribution is 1.95. The van der Waals surface area contributed by atoms with E-state index in [0.717, 1.165) is 6.92 Å². The lowest BCUT2D eigenvalue weighted by molar-refractivity contribution is -0.173. The predicted octanol–water partition coefficient (Wildman–Crippen LogP) is -1.000. The molecule has 0 bridgehead atoms. The molecule has 0 aliphatic carbocycles. The molecule has 0 amide bonds. The van der Waals surface area contributed by atoms with Crippen LogP contribution >= 0.6 is 0 Å². The summed E-state index contributed by atoms with van der Waals surface area (Å²) >= 11 is 0. The summed E-state index contributed by atoms with van der Waals surface area (Å²) < 4.78 is 8.47. The van der Waals surface area contributed by atoms with Gasteiger partial charge in [-0.05, 0) is 6.92 Å². The van der Waals surface area contributed by atoms with Crippen LogP contribution in [0.5, 0.6) is 0 Å². The van der Waals surface area contributed by atoms with Gasteiger partial charge in [-0.2, -0.15) is 0 Å². The van der Waals surface area contributed by atoms with Crippen LogP contribution in [0.1, 0.15) is 13.8 Å². The van der Waals surface area contributed by atoms with Crippen LogP contribution in [0.25, 0.3) is 0 Å². The van der Waals surface area contributed by atoms with Crippen molar-refractivity contribution in [3.63, 3.8) is 0 Å².